The monoisotopic (exact) mass is 557 g/mol. The van der Waals surface area contributed by atoms with Gasteiger partial charge in [-0.15, -0.1) is 0 Å². The maximum Gasteiger partial charge on any atom is 0.303 e. The van der Waals surface area contributed by atoms with E-state index in [2.05, 4.69) is 5.32 Å². The second-order valence-electron chi connectivity index (χ2n) is 10.5. The lowest BCUT2D eigenvalue weighted by atomic mass is 9.94. The van der Waals surface area contributed by atoms with Crippen molar-refractivity contribution < 1.29 is 46.5 Å². The molecule has 13 heteroatoms. The van der Waals surface area contributed by atoms with Crippen molar-refractivity contribution in [1.82, 2.24) is 14.5 Å². The highest BCUT2D eigenvalue weighted by molar-refractivity contribution is 6.39. The number of benzene rings is 3. The zero-order valence-electron chi connectivity index (χ0n) is 20.2. The second-order valence-corrected chi connectivity index (χ2v) is 10.5. The van der Waals surface area contributed by atoms with Crippen LogP contribution in [0, 0.1) is 24.4 Å². The van der Waals surface area contributed by atoms with Crippen molar-refractivity contribution in [2.24, 2.45) is 0 Å². The summed E-state index contributed by atoms with van der Waals surface area (Å²) in [7, 11) is 0. The number of nitrogens with zero attached hydrogens (tertiary/aromatic N) is 2. The Morgan fingerprint density at radius 2 is 1.50 bits per heavy atom. The van der Waals surface area contributed by atoms with Crippen molar-refractivity contribution in [3.8, 4) is 0 Å². The molecule has 0 spiro atoms. The van der Waals surface area contributed by atoms with Gasteiger partial charge in [-0.25, -0.2) is 22.0 Å². The summed E-state index contributed by atoms with van der Waals surface area (Å²) < 4.78 is 83.1. The average Bonchev–Trinajstić information content (AvgIpc) is 3.46. The number of hydrogen-bond acceptors (Lipinski definition) is 5. The van der Waals surface area contributed by atoms with Gasteiger partial charge >= 0.3 is 5.92 Å². The van der Waals surface area contributed by atoms with Crippen LogP contribution in [0.4, 0.5) is 22.0 Å². The Morgan fingerprint density at radius 3 is 2.20 bits per heavy atom. The van der Waals surface area contributed by atoms with Crippen LogP contribution in [0.2, 0.25) is 0 Å². The molecule has 40 heavy (non-hydrogen) atoms. The van der Waals surface area contributed by atoms with Crippen LogP contribution in [0.1, 0.15) is 32.5 Å². The average molecular weight is 557 g/mol. The number of aliphatic hydroxyl groups excluding tert-OH is 2. The summed E-state index contributed by atoms with van der Waals surface area (Å²) in [6, 6.07) is 4.10. The first-order chi connectivity index (χ1) is 18.9. The van der Waals surface area contributed by atoms with E-state index in [9.17, 15) is 33.0 Å². The molecule has 5 aromatic rings. The van der Waals surface area contributed by atoms with Gasteiger partial charge in [0.25, 0.3) is 11.8 Å². The van der Waals surface area contributed by atoms with Crippen LogP contribution in [-0.2, 0) is 11.3 Å². The third-order valence-electron chi connectivity index (χ3n) is 8.39. The molecule has 4 atom stereocenters. The van der Waals surface area contributed by atoms with E-state index in [1.807, 2.05) is 0 Å². The number of halogens is 5. The molecule has 3 aliphatic heterocycles. The van der Waals surface area contributed by atoms with E-state index in [0.29, 0.717) is 0 Å². The van der Waals surface area contributed by atoms with Crippen molar-refractivity contribution in [1.29, 1.82) is 0 Å². The molecule has 0 aliphatic carbocycles. The van der Waals surface area contributed by atoms with E-state index in [0.717, 1.165) is 18.2 Å². The fourth-order valence-electron chi connectivity index (χ4n) is 6.61. The maximum absolute atomic E-state index is 15.4. The largest absolute Gasteiger partial charge is 0.385 e. The number of ether oxygens (including phenoxy) is 1. The highest BCUT2D eigenvalue weighted by atomic mass is 19.3. The third kappa shape index (κ3) is 2.56. The Labute approximate surface area is 219 Å². The first kappa shape index (κ1) is 23.8. The minimum absolute atomic E-state index is 0.000622. The summed E-state index contributed by atoms with van der Waals surface area (Å²) in [6.45, 7) is 0.752. The van der Waals surface area contributed by atoms with Crippen LogP contribution < -0.4 is 5.32 Å². The van der Waals surface area contributed by atoms with Gasteiger partial charge in [0.2, 0.25) is 0 Å². The number of aryl methyl sites for hydroxylation is 1. The van der Waals surface area contributed by atoms with Crippen LogP contribution in [-0.4, -0.2) is 55.4 Å². The topological polar surface area (TPSA) is 106 Å². The number of alkyl halides is 2. The summed E-state index contributed by atoms with van der Waals surface area (Å²) in [5.41, 5.74) is -0.00110. The van der Waals surface area contributed by atoms with E-state index < -0.39 is 66.3 Å². The van der Waals surface area contributed by atoms with Crippen LogP contribution in [0.15, 0.2) is 24.3 Å². The van der Waals surface area contributed by atoms with E-state index in [1.54, 1.807) is 0 Å². The standard InChI is InChI=1S/C27H16F5N3O5/c1-7-2-14-9(3-10(7)28)17-19-18(24(38)33-25(19)39)16-8-4-11(29)12(30)5-13(8)34-6-15-27(31,32)23(37)22(36)26(40-15)35(14)21(17)20(16)34/h2-5,15,22-23,26,36-37H,6H2,1H3,(H,33,38,39). The van der Waals surface area contributed by atoms with E-state index in [4.69, 9.17) is 4.74 Å². The molecule has 1 fully saturated rings. The Kier molecular flexibility index (Phi) is 4.26. The minimum atomic E-state index is -3.98. The number of imide groups is 1. The molecular formula is C27H16F5N3O5. The van der Waals surface area contributed by atoms with Gasteiger partial charge in [0.05, 0.1) is 39.7 Å². The van der Waals surface area contributed by atoms with Crippen LogP contribution in [0.3, 0.4) is 0 Å². The molecule has 2 bridgehead atoms. The Bertz CT molecular complexity index is 2070. The summed E-state index contributed by atoms with van der Waals surface area (Å²) >= 11 is 0. The number of rotatable bonds is 0. The van der Waals surface area contributed by atoms with Crippen LogP contribution >= 0.6 is 0 Å². The zero-order valence-corrected chi connectivity index (χ0v) is 20.2. The molecule has 3 N–H and O–H groups in total. The predicted octanol–water partition coefficient (Wildman–Crippen LogP) is 3.78. The highest BCUT2D eigenvalue weighted by Crippen LogP contribution is 2.51. The zero-order chi connectivity index (χ0) is 28.2. The Hall–Kier alpha value is -4.07. The number of aliphatic hydroxyl groups is 2. The SMILES string of the molecule is Cc1cc2c(cc1F)c1c3c(c4c5cc(F)c(F)cc5n5c4c1n2C1OC(C5)C(F)(F)C(O)C1O)C(=O)NC3=O. The summed E-state index contributed by atoms with van der Waals surface area (Å²) in [5.74, 6) is -8.89. The molecule has 1 saturated heterocycles. The van der Waals surface area contributed by atoms with Gasteiger partial charge in [-0.05, 0) is 30.7 Å². The lowest BCUT2D eigenvalue weighted by molar-refractivity contribution is -0.306. The van der Waals surface area contributed by atoms with Gasteiger partial charge in [0.1, 0.15) is 18.0 Å². The molecule has 8 rings (SSSR count). The van der Waals surface area contributed by atoms with Crippen molar-refractivity contribution in [2.45, 2.75) is 43.9 Å². The number of carbonyl (C=O) groups excluding carboxylic acids is 2. The van der Waals surface area contributed by atoms with E-state index >= 15 is 8.78 Å². The molecule has 2 aromatic heterocycles. The molecule has 5 heterocycles. The van der Waals surface area contributed by atoms with Crippen LogP contribution in [0.25, 0.3) is 43.6 Å². The quantitative estimate of drug-likeness (QED) is 0.199. The van der Waals surface area contributed by atoms with Crippen molar-refractivity contribution in [3.63, 3.8) is 0 Å². The van der Waals surface area contributed by atoms with Crippen LogP contribution in [0.5, 0.6) is 0 Å². The summed E-state index contributed by atoms with van der Waals surface area (Å²) in [5, 5.41) is 23.8. The molecule has 3 aromatic carbocycles. The number of fused-ring (bicyclic) bond motifs is 12. The smallest absolute Gasteiger partial charge is 0.303 e. The molecule has 2 amide bonds. The fraction of sp³-hybridized carbons (Fsp3) is 0.259. The molecule has 8 nitrogen and oxygen atoms in total. The van der Waals surface area contributed by atoms with Crippen molar-refractivity contribution in [3.05, 3.63) is 58.4 Å². The van der Waals surface area contributed by atoms with Gasteiger partial charge < -0.3 is 24.1 Å². The second kappa shape index (κ2) is 7.16. The number of hydrogen-bond donors (Lipinski definition) is 3. The van der Waals surface area contributed by atoms with Gasteiger partial charge in [-0.3, -0.25) is 14.9 Å². The molecule has 204 valence electrons. The first-order valence-electron chi connectivity index (χ1n) is 12.3. The maximum atomic E-state index is 15.4. The number of carbonyl (C=O) groups is 2. The highest BCUT2D eigenvalue weighted by Gasteiger charge is 2.59. The molecule has 0 saturated carbocycles. The predicted molar refractivity (Wildman–Crippen MR) is 130 cm³/mol. The third-order valence-corrected chi connectivity index (χ3v) is 8.39. The molecule has 0 radical (unpaired) electrons. The summed E-state index contributed by atoms with van der Waals surface area (Å²) in [6.07, 6.45) is -8.45. The number of nitrogens with one attached hydrogen (secondary N) is 1. The molecular weight excluding hydrogens is 541 g/mol. The normalized spacial score (nSPS) is 25.3. The minimum Gasteiger partial charge on any atom is -0.385 e. The summed E-state index contributed by atoms with van der Waals surface area (Å²) in [4.78, 5) is 26.4. The Balaban J connectivity index is 1.73. The first-order valence-corrected chi connectivity index (χ1v) is 12.3. The van der Waals surface area contributed by atoms with Gasteiger partial charge in [-0.1, -0.05) is 0 Å². The lowest BCUT2D eigenvalue weighted by Gasteiger charge is -2.44. The lowest BCUT2D eigenvalue weighted by Crippen LogP contribution is -2.61. The number of amides is 2. The van der Waals surface area contributed by atoms with Gasteiger partial charge in [0, 0.05) is 27.6 Å². The Morgan fingerprint density at radius 1 is 0.900 bits per heavy atom. The van der Waals surface area contributed by atoms with Crippen molar-refractivity contribution >= 4 is 55.4 Å². The van der Waals surface area contributed by atoms with E-state index in [1.165, 1.54) is 22.1 Å². The fourth-order valence-corrected chi connectivity index (χ4v) is 6.61. The van der Waals surface area contributed by atoms with E-state index in [-0.39, 0.29) is 60.3 Å². The molecule has 4 unspecified atom stereocenters. The van der Waals surface area contributed by atoms with Gasteiger partial charge in [-0.2, -0.15) is 0 Å². The van der Waals surface area contributed by atoms with Crippen molar-refractivity contribution in [2.75, 3.05) is 0 Å². The van der Waals surface area contributed by atoms with Gasteiger partial charge in [0.15, 0.2) is 24.0 Å². The number of aromatic nitrogens is 2. The molecule has 3 aliphatic rings.